The molecule has 2 aliphatic rings. The maximum absolute atomic E-state index is 12.9. The van der Waals surface area contributed by atoms with Gasteiger partial charge >= 0.3 is 0 Å². The van der Waals surface area contributed by atoms with E-state index in [2.05, 4.69) is 10.6 Å². The maximum atomic E-state index is 12.9. The number of anilines is 1. The number of morpholine rings is 1. The van der Waals surface area contributed by atoms with Crippen molar-refractivity contribution in [3.05, 3.63) is 35.0 Å². The van der Waals surface area contributed by atoms with E-state index in [0.717, 1.165) is 13.0 Å². The van der Waals surface area contributed by atoms with Crippen LogP contribution < -0.4 is 10.6 Å². The quantitative estimate of drug-likeness (QED) is 0.300. The maximum Gasteiger partial charge on any atom is 0.263 e. The second kappa shape index (κ2) is 11.5. The molecule has 2 N–H and O–H groups in total. The van der Waals surface area contributed by atoms with Crippen molar-refractivity contribution in [3.63, 3.8) is 0 Å². The standard InChI is InChI=1S/C21H26ClN5O5S/c22-18-5-4-17(33(30,31)27-9-11-32-12-10-27)13-19(18)25-15-16(14-23)21(29)24-6-2-8-26-7-1-3-20(26)28/h4-5,13,15,25H,1-3,6-12H2,(H,24,29)/b16-15-. The topological polar surface area (TPSA) is 132 Å². The van der Waals surface area contributed by atoms with Crippen molar-refractivity contribution in [2.75, 3.05) is 51.3 Å². The van der Waals surface area contributed by atoms with Crippen molar-refractivity contribution in [2.45, 2.75) is 24.2 Å². The number of amides is 2. The molecule has 2 heterocycles. The van der Waals surface area contributed by atoms with Gasteiger partial charge in [0.15, 0.2) is 0 Å². The van der Waals surface area contributed by atoms with Crippen LogP contribution in [0.5, 0.6) is 0 Å². The third kappa shape index (κ3) is 6.45. The number of benzene rings is 1. The van der Waals surface area contributed by atoms with Gasteiger partial charge < -0.3 is 20.3 Å². The summed E-state index contributed by atoms with van der Waals surface area (Å²) in [4.78, 5) is 25.7. The van der Waals surface area contributed by atoms with Crippen molar-refractivity contribution < 1.29 is 22.7 Å². The molecule has 3 rings (SSSR count). The molecule has 0 unspecified atom stereocenters. The zero-order valence-corrected chi connectivity index (χ0v) is 19.6. The van der Waals surface area contributed by atoms with E-state index in [4.69, 9.17) is 16.3 Å². The molecular weight excluding hydrogens is 470 g/mol. The monoisotopic (exact) mass is 495 g/mol. The lowest BCUT2D eigenvalue weighted by atomic mass is 10.2. The number of carbonyl (C=O) groups excluding carboxylic acids is 2. The minimum atomic E-state index is -3.73. The molecule has 1 aromatic rings. The number of likely N-dealkylation sites (tertiary alicyclic amines) is 1. The van der Waals surface area contributed by atoms with Gasteiger partial charge in [0, 0.05) is 45.3 Å². The average molecular weight is 496 g/mol. The summed E-state index contributed by atoms with van der Waals surface area (Å²) >= 11 is 6.18. The van der Waals surface area contributed by atoms with Gasteiger partial charge in [0.1, 0.15) is 11.6 Å². The summed E-state index contributed by atoms with van der Waals surface area (Å²) in [6, 6.07) is 6.03. The molecule has 0 atom stereocenters. The fourth-order valence-corrected chi connectivity index (χ4v) is 5.12. The molecule has 12 heteroatoms. The lowest BCUT2D eigenvalue weighted by Crippen LogP contribution is -2.40. The van der Waals surface area contributed by atoms with Crippen molar-refractivity contribution in [3.8, 4) is 6.07 Å². The van der Waals surface area contributed by atoms with Crippen molar-refractivity contribution in [1.29, 1.82) is 5.26 Å². The van der Waals surface area contributed by atoms with Crippen molar-refractivity contribution in [1.82, 2.24) is 14.5 Å². The molecule has 2 aliphatic heterocycles. The van der Waals surface area contributed by atoms with Crippen LogP contribution in [0.1, 0.15) is 19.3 Å². The summed E-state index contributed by atoms with van der Waals surface area (Å²) in [6.07, 6.45) is 3.19. The molecule has 33 heavy (non-hydrogen) atoms. The molecule has 0 saturated carbocycles. The molecular formula is C21H26ClN5O5S. The fourth-order valence-electron chi connectivity index (χ4n) is 3.52. The summed E-state index contributed by atoms with van der Waals surface area (Å²) in [6.45, 7) is 2.79. The van der Waals surface area contributed by atoms with Gasteiger partial charge in [-0.1, -0.05) is 11.6 Å². The Kier molecular flexibility index (Phi) is 8.68. The van der Waals surface area contributed by atoms with Crippen LogP contribution in [-0.2, 0) is 24.3 Å². The Hall–Kier alpha value is -2.65. The Labute approximate surface area is 198 Å². The van der Waals surface area contributed by atoms with Gasteiger partial charge in [-0.25, -0.2) is 8.42 Å². The lowest BCUT2D eigenvalue weighted by molar-refractivity contribution is -0.127. The highest BCUT2D eigenvalue weighted by molar-refractivity contribution is 7.89. The summed E-state index contributed by atoms with van der Waals surface area (Å²) < 4.78 is 32.3. The number of rotatable bonds is 9. The highest BCUT2D eigenvalue weighted by Gasteiger charge is 2.27. The molecule has 2 fully saturated rings. The van der Waals surface area contributed by atoms with E-state index in [1.165, 1.54) is 28.7 Å². The van der Waals surface area contributed by atoms with E-state index >= 15 is 0 Å². The Morgan fingerprint density at radius 2 is 2.03 bits per heavy atom. The van der Waals surface area contributed by atoms with Gasteiger partial charge in [-0.15, -0.1) is 0 Å². The van der Waals surface area contributed by atoms with Gasteiger partial charge in [-0.3, -0.25) is 9.59 Å². The number of carbonyl (C=O) groups is 2. The van der Waals surface area contributed by atoms with E-state index in [1.807, 2.05) is 6.07 Å². The Morgan fingerprint density at radius 1 is 1.27 bits per heavy atom. The predicted octanol–water partition coefficient (Wildman–Crippen LogP) is 1.31. The lowest BCUT2D eigenvalue weighted by Gasteiger charge is -2.26. The Bertz CT molecular complexity index is 1060. The molecule has 1 aromatic carbocycles. The highest BCUT2D eigenvalue weighted by atomic mass is 35.5. The minimum Gasteiger partial charge on any atom is -0.379 e. The Morgan fingerprint density at radius 3 is 2.70 bits per heavy atom. The molecule has 0 bridgehead atoms. The third-order valence-electron chi connectivity index (χ3n) is 5.34. The van der Waals surface area contributed by atoms with Crippen LogP contribution in [0.2, 0.25) is 5.02 Å². The number of ether oxygens (including phenoxy) is 1. The van der Waals surface area contributed by atoms with Crippen molar-refractivity contribution >= 4 is 39.1 Å². The number of nitrogens with zero attached hydrogens (tertiary/aromatic N) is 3. The molecule has 10 nitrogen and oxygen atoms in total. The van der Waals surface area contributed by atoms with Gasteiger partial charge in [0.2, 0.25) is 15.9 Å². The van der Waals surface area contributed by atoms with E-state index in [-0.39, 0.29) is 40.2 Å². The predicted molar refractivity (Wildman–Crippen MR) is 122 cm³/mol. The molecule has 0 spiro atoms. The largest absolute Gasteiger partial charge is 0.379 e. The summed E-state index contributed by atoms with van der Waals surface area (Å²) in [5.41, 5.74) is 0.0591. The first kappa shape index (κ1) is 25.0. The van der Waals surface area contributed by atoms with Crippen LogP contribution in [0, 0.1) is 11.3 Å². The van der Waals surface area contributed by atoms with Crippen LogP contribution in [0.25, 0.3) is 0 Å². The van der Waals surface area contributed by atoms with E-state index in [0.29, 0.717) is 39.1 Å². The first-order valence-corrected chi connectivity index (χ1v) is 12.4. The normalized spacial score (nSPS) is 17.6. The molecule has 2 amide bonds. The molecule has 0 radical (unpaired) electrons. The number of sulfonamides is 1. The second-order valence-corrected chi connectivity index (χ2v) is 9.91. The van der Waals surface area contributed by atoms with E-state index in [9.17, 15) is 23.3 Å². The molecule has 0 aliphatic carbocycles. The van der Waals surface area contributed by atoms with Crippen LogP contribution in [0.4, 0.5) is 5.69 Å². The summed E-state index contributed by atoms with van der Waals surface area (Å²) in [7, 11) is -3.73. The van der Waals surface area contributed by atoms with Crippen molar-refractivity contribution in [2.24, 2.45) is 0 Å². The van der Waals surface area contributed by atoms with Gasteiger partial charge in [-0.2, -0.15) is 9.57 Å². The summed E-state index contributed by atoms with van der Waals surface area (Å²) in [5, 5.41) is 15.0. The smallest absolute Gasteiger partial charge is 0.263 e. The zero-order chi connectivity index (χ0) is 23.8. The minimum absolute atomic E-state index is 0.0455. The third-order valence-corrected chi connectivity index (χ3v) is 7.57. The van der Waals surface area contributed by atoms with Gasteiger partial charge in [-0.05, 0) is 31.0 Å². The summed E-state index contributed by atoms with van der Waals surface area (Å²) in [5.74, 6) is -0.455. The van der Waals surface area contributed by atoms with Crippen LogP contribution in [0.3, 0.4) is 0 Å². The van der Waals surface area contributed by atoms with Crippen LogP contribution in [-0.4, -0.2) is 75.4 Å². The molecule has 2 saturated heterocycles. The number of hydrogen-bond acceptors (Lipinski definition) is 7. The van der Waals surface area contributed by atoms with Gasteiger partial charge in [0.25, 0.3) is 5.91 Å². The fraction of sp³-hybridized carbons (Fsp3) is 0.476. The first-order valence-electron chi connectivity index (χ1n) is 10.6. The second-order valence-electron chi connectivity index (χ2n) is 7.57. The van der Waals surface area contributed by atoms with E-state index < -0.39 is 15.9 Å². The van der Waals surface area contributed by atoms with Crippen LogP contribution >= 0.6 is 11.6 Å². The first-order chi connectivity index (χ1) is 15.8. The zero-order valence-electron chi connectivity index (χ0n) is 18.0. The molecule has 0 aromatic heterocycles. The number of nitrogens with one attached hydrogen (secondary N) is 2. The average Bonchev–Trinajstić information content (AvgIpc) is 3.23. The Balaban J connectivity index is 1.60. The SMILES string of the molecule is N#C/C(=C/Nc1cc(S(=O)(=O)N2CCOCC2)ccc1Cl)C(=O)NCCCN1CCCC1=O. The van der Waals surface area contributed by atoms with E-state index in [1.54, 1.807) is 4.90 Å². The number of halogens is 1. The van der Waals surface area contributed by atoms with Gasteiger partial charge in [0.05, 0.1) is 28.8 Å². The number of nitriles is 1. The highest BCUT2D eigenvalue weighted by Crippen LogP contribution is 2.27. The molecule has 178 valence electrons. The van der Waals surface area contributed by atoms with Crippen LogP contribution in [0.15, 0.2) is 34.9 Å². The number of hydrogen-bond donors (Lipinski definition) is 2.